The maximum atomic E-state index is 13.2. The number of aromatic nitrogens is 1. The third-order valence-corrected chi connectivity index (χ3v) is 7.00. The number of pyridine rings is 1. The molecule has 1 fully saturated rings. The van der Waals surface area contributed by atoms with Crippen LogP contribution in [0.5, 0.6) is 0 Å². The molecule has 3 amide bonds. The average molecular weight is 580 g/mol. The van der Waals surface area contributed by atoms with Gasteiger partial charge >= 0.3 is 5.97 Å². The molecule has 12 heteroatoms. The summed E-state index contributed by atoms with van der Waals surface area (Å²) in [4.78, 5) is 80.1. The molecule has 2 aromatic rings. The number of carbonyl (C=O) groups excluding carboxylic acids is 6. The number of ether oxygens (including phenoxy) is 1. The van der Waals surface area contributed by atoms with Gasteiger partial charge in [-0.3, -0.25) is 19.3 Å². The van der Waals surface area contributed by atoms with E-state index in [1.54, 1.807) is 24.3 Å². The van der Waals surface area contributed by atoms with E-state index in [0.29, 0.717) is 44.6 Å². The van der Waals surface area contributed by atoms with Gasteiger partial charge in [0.25, 0.3) is 11.8 Å². The van der Waals surface area contributed by atoms with Gasteiger partial charge in [0.1, 0.15) is 24.4 Å². The molecular formula is C30H37N5O7. The van der Waals surface area contributed by atoms with Crippen LogP contribution in [-0.4, -0.2) is 92.0 Å². The van der Waals surface area contributed by atoms with Gasteiger partial charge in [0.15, 0.2) is 0 Å². The maximum Gasteiger partial charge on any atom is 0.339 e. The molecule has 1 aromatic heterocycles. The zero-order valence-electron chi connectivity index (χ0n) is 24.2. The van der Waals surface area contributed by atoms with Crippen LogP contribution in [0.3, 0.4) is 0 Å². The molecule has 1 aromatic carbocycles. The number of esters is 1. The van der Waals surface area contributed by atoms with Gasteiger partial charge in [-0.2, -0.15) is 0 Å². The molecule has 1 atom stereocenters. The summed E-state index contributed by atoms with van der Waals surface area (Å²) in [7, 11) is 1.43. The highest BCUT2D eigenvalue weighted by Gasteiger charge is 2.42. The average Bonchev–Trinajstić information content (AvgIpc) is 3.26. The number of carbonyl (C=O) groups is 6. The first-order valence-corrected chi connectivity index (χ1v) is 14.0. The van der Waals surface area contributed by atoms with Crippen molar-refractivity contribution in [2.24, 2.45) is 0 Å². The van der Waals surface area contributed by atoms with Crippen molar-refractivity contribution in [1.82, 2.24) is 15.2 Å². The maximum absolute atomic E-state index is 13.2. The van der Waals surface area contributed by atoms with Crippen molar-refractivity contribution in [2.45, 2.75) is 45.6 Å². The second-order valence-electron chi connectivity index (χ2n) is 9.69. The molecule has 3 heterocycles. The predicted octanol–water partition coefficient (Wildman–Crippen LogP) is 2.26. The van der Waals surface area contributed by atoms with Gasteiger partial charge in [-0.15, -0.1) is 0 Å². The topological polar surface area (TPSA) is 146 Å². The number of nitrogens with zero attached hydrogens (tertiary/aromatic N) is 4. The zero-order chi connectivity index (χ0) is 30.6. The fourth-order valence-electron chi connectivity index (χ4n) is 4.78. The molecule has 0 bridgehead atoms. The minimum Gasteiger partial charge on any atom is -0.462 e. The number of piperazine rings is 1. The van der Waals surface area contributed by atoms with Crippen LogP contribution in [0.2, 0.25) is 0 Å². The lowest BCUT2D eigenvalue weighted by Gasteiger charge is -2.36. The van der Waals surface area contributed by atoms with E-state index in [1.807, 2.05) is 13.0 Å². The molecule has 1 saturated heterocycles. The van der Waals surface area contributed by atoms with Crippen LogP contribution < -0.4 is 15.1 Å². The molecule has 4 rings (SSSR count). The summed E-state index contributed by atoms with van der Waals surface area (Å²) >= 11 is 0. The third-order valence-electron chi connectivity index (χ3n) is 7.00. The Kier molecular flexibility index (Phi) is 11.7. The summed E-state index contributed by atoms with van der Waals surface area (Å²) in [5.41, 5.74) is 1.73. The molecule has 42 heavy (non-hydrogen) atoms. The molecule has 2 aliphatic rings. The van der Waals surface area contributed by atoms with Gasteiger partial charge < -0.3 is 29.4 Å². The van der Waals surface area contributed by atoms with E-state index in [1.165, 1.54) is 20.2 Å². The van der Waals surface area contributed by atoms with Gasteiger partial charge in [-0.05, 0) is 50.1 Å². The summed E-state index contributed by atoms with van der Waals surface area (Å²) in [5, 5.41) is 2.48. The summed E-state index contributed by atoms with van der Waals surface area (Å²) in [6.45, 7) is 6.54. The number of hydrogen-bond donors (Lipinski definition) is 1. The van der Waals surface area contributed by atoms with Crippen molar-refractivity contribution < 1.29 is 33.5 Å². The largest absolute Gasteiger partial charge is 0.462 e. The van der Waals surface area contributed by atoms with Crippen molar-refractivity contribution in [3.05, 3.63) is 53.2 Å². The Labute approximate surface area is 245 Å². The minimum atomic E-state index is -1.04. The summed E-state index contributed by atoms with van der Waals surface area (Å²) in [6.07, 6.45) is 4.85. The van der Waals surface area contributed by atoms with Gasteiger partial charge in [-0.25, -0.2) is 9.78 Å². The predicted molar refractivity (Wildman–Crippen MR) is 156 cm³/mol. The Morgan fingerprint density at radius 1 is 1.02 bits per heavy atom. The Morgan fingerprint density at radius 3 is 2.29 bits per heavy atom. The van der Waals surface area contributed by atoms with Crippen molar-refractivity contribution in [2.75, 3.05) is 49.6 Å². The third kappa shape index (κ3) is 7.36. The molecule has 0 spiro atoms. The normalized spacial score (nSPS) is 14.9. The van der Waals surface area contributed by atoms with E-state index < -0.39 is 23.8 Å². The zero-order valence-corrected chi connectivity index (χ0v) is 24.2. The fraction of sp³-hybridized carbons (Fsp3) is 0.433. The Balaban J connectivity index is 0.00000155. The molecule has 2 aliphatic heterocycles. The second-order valence-corrected chi connectivity index (χ2v) is 9.69. The number of fused-ring (bicyclic) bond motifs is 1. The number of rotatable bonds is 11. The van der Waals surface area contributed by atoms with Gasteiger partial charge in [0, 0.05) is 51.5 Å². The monoisotopic (exact) mass is 579 g/mol. The Hall–Kier alpha value is -4.61. The van der Waals surface area contributed by atoms with Gasteiger partial charge in [0.2, 0.25) is 5.91 Å². The van der Waals surface area contributed by atoms with Crippen LogP contribution >= 0.6 is 0 Å². The molecular weight excluding hydrogens is 542 g/mol. The highest BCUT2D eigenvalue weighted by atomic mass is 16.5. The fourth-order valence-corrected chi connectivity index (χ4v) is 4.78. The summed E-state index contributed by atoms with van der Waals surface area (Å²) in [6, 6.07) is 7.62. The molecule has 224 valence electrons. The first kappa shape index (κ1) is 31.9. The van der Waals surface area contributed by atoms with Crippen LogP contribution in [0, 0.1) is 0 Å². The first-order chi connectivity index (χ1) is 20.3. The smallest absolute Gasteiger partial charge is 0.339 e. The highest BCUT2D eigenvalue weighted by molar-refractivity contribution is 6.23. The molecule has 1 N–H and O–H groups in total. The number of benzene rings is 1. The lowest BCUT2D eigenvalue weighted by Crippen LogP contribution is -2.48. The van der Waals surface area contributed by atoms with Gasteiger partial charge in [0.05, 0.1) is 23.3 Å². The Bertz CT molecular complexity index is 1290. The number of nitrogens with one attached hydrogen (secondary N) is 1. The minimum absolute atomic E-state index is 0.0572. The van der Waals surface area contributed by atoms with Crippen molar-refractivity contribution in [1.29, 1.82) is 0 Å². The van der Waals surface area contributed by atoms with Crippen molar-refractivity contribution in [3.63, 3.8) is 0 Å². The van der Waals surface area contributed by atoms with Gasteiger partial charge in [-0.1, -0.05) is 13.3 Å². The molecule has 0 saturated carbocycles. The number of amides is 3. The quantitative estimate of drug-likeness (QED) is 0.182. The standard InChI is InChI=1S/C28H33N5O6.C2H4O/c1-3-4-16-39-28(38)19-7-10-24(30-18-19)32-13-11-31(12-14-32)20-8-9-21-22(17-20)27(37)33(26(21)36)23(6-5-15-34)25(35)29-2;1-2-3/h7-10,15,17-18,23H,3-6,11-14,16H2,1-2H3,(H,29,35);2H,1H3. The van der Waals surface area contributed by atoms with E-state index in [0.717, 1.165) is 35.5 Å². The van der Waals surface area contributed by atoms with Crippen LogP contribution in [0.25, 0.3) is 0 Å². The highest BCUT2D eigenvalue weighted by Crippen LogP contribution is 2.30. The summed E-state index contributed by atoms with van der Waals surface area (Å²) in [5.74, 6) is -1.17. The number of imide groups is 1. The molecule has 0 radical (unpaired) electrons. The second kappa shape index (κ2) is 15.4. The molecule has 1 unspecified atom stereocenters. The molecule has 12 nitrogen and oxygen atoms in total. The number of anilines is 2. The number of hydrogen-bond acceptors (Lipinski definition) is 10. The lowest BCUT2D eigenvalue weighted by atomic mass is 10.1. The van der Waals surface area contributed by atoms with E-state index in [2.05, 4.69) is 20.1 Å². The lowest BCUT2D eigenvalue weighted by molar-refractivity contribution is -0.124. The van der Waals surface area contributed by atoms with E-state index >= 15 is 0 Å². The molecule has 0 aliphatic carbocycles. The number of unbranched alkanes of at least 4 members (excludes halogenated alkanes) is 1. The summed E-state index contributed by atoms with van der Waals surface area (Å²) < 4.78 is 5.24. The van der Waals surface area contributed by atoms with Crippen LogP contribution in [0.4, 0.5) is 11.5 Å². The van der Waals surface area contributed by atoms with Crippen molar-refractivity contribution >= 4 is 47.8 Å². The van der Waals surface area contributed by atoms with Crippen molar-refractivity contribution in [3.8, 4) is 0 Å². The van der Waals surface area contributed by atoms with Crippen LogP contribution in [0.1, 0.15) is 70.6 Å². The SMILES string of the molecule is CC=O.CCCCOC(=O)c1ccc(N2CCN(c3ccc4c(c3)C(=O)N(C(CCC=O)C(=O)NC)C4=O)CC2)nc1. The number of likely N-dealkylation sites (N-methyl/N-ethyl adjacent to an activating group) is 1. The first-order valence-electron chi connectivity index (χ1n) is 14.0. The van der Waals surface area contributed by atoms with E-state index in [4.69, 9.17) is 9.53 Å². The Morgan fingerprint density at radius 2 is 1.69 bits per heavy atom. The number of aldehydes is 2. The van der Waals surface area contributed by atoms with Crippen LogP contribution in [0.15, 0.2) is 36.5 Å². The van der Waals surface area contributed by atoms with Crippen LogP contribution in [-0.2, 0) is 19.1 Å². The van der Waals surface area contributed by atoms with E-state index in [-0.39, 0.29) is 29.9 Å². The van der Waals surface area contributed by atoms with E-state index in [9.17, 15) is 24.0 Å².